The van der Waals surface area contributed by atoms with Crippen LogP contribution in [0.4, 0.5) is 4.39 Å². The van der Waals surface area contributed by atoms with Crippen LogP contribution in [0.1, 0.15) is 0 Å². The second-order valence-corrected chi connectivity index (χ2v) is 4.25. The molecule has 0 bridgehead atoms. The summed E-state index contributed by atoms with van der Waals surface area (Å²) < 4.78 is 13.4. The predicted molar refractivity (Wildman–Crippen MR) is 55.2 cm³/mol. The first-order valence-corrected chi connectivity index (χ1v) is 5.30. The Bertz CT molecular complexity index is 414. The van der Waals surface area contributed by atoms with Crippen molar-refractivity contribution in [1.29, 1.82) is 0 Å². The van der Waals surface area contributed by atoms with E-state index < -0.39 is 5.95 Å². The van der Waals surface area contributed by atoms with Crippen LogP contribution >= 0.6 is 27.3 Å². The SMILES string of the molecule is Fc1nc(-c2cccs2)ccc1Br. The summed E-state index contributed by atoms with van der Waals surface area (Å²) in [6.45, 7) is 0. The lowest BCUT2D eigenvalue weighted by atomic mass is 10.3. The predicted octanol–water partition coefficient (Wildman–Crippen LogP) is 3.71. The van der Waals surface area contributed by atoms with E-state index in [1.807, 2.05) is 17.5 Å². The Morgan fingerprint density at radius 2 is 2.15 bits per heavy atom. The van der Waals surface area contributed by atoms with E-state index in [1.165, 1.54) is 0 Å². The lowest BCUT2D eigenvalue weighted by Gasteiger charge is -1.97. The maximum atomic E-state index is 13.0. The molecule has 13 heavy (non-hydrogen) atoms. The van der Waals surface area contributed by atoms with Crippen LogP contribution < -0.4 is 0 Å². The highest BCUT2D eigenvalue weighted by molar-refractivity contribution is 9.10. The summed E-state index contributed by atoms with van der Waals surface area (Å²) in [7, 11) is 0. The normalized spacial score (nSPS) is 10.3. The monoisotopic (exact) mass is 257 g/mol. The van der Waals surface area contributed by atoms with Crippen LogP contribution in [0.2, 0.25) is 0 Å². The van der Waals surface area contributed by atoms with Gasteiger partial charge in [-0.3, -0.25) is 0 Å². The molecule has 0 aliphatic rings. The summed E-state index contributed by atoms with van der Waals surface area (Å²) in [5.74, 6) is -0.467. The molecule has 0 aromatic carbocycles. The van der Waals surface area contributed by atoms with Gasteiger partial charge in [0.15, 0.2) is 0 Å². The molecule has 0 amide bonds. The fourth-order valence-electron chi connectivity index (χ4n) is 0.979. The molecule has 2 aromatic rings. The van der Waals surface area contributed by atoms with E-state index in [1.54, 1.807) is 23.5 Å². The zero-order valence-electron chi connectivity index (χ0n) is 6.50. The largest absolute Gasteiger partial charge is 0.227 e. The van der Waals surface area contributed by atoms with Gasteiger partial charge in [0, 0.05) is 0 Å². The molecule has 0 N–H and O–H groups in total. The maximum absolute atomic E-state index is 13.0. The van der Waals surface area contributed by atoms with Gasteiger partial charge in [0.05, 0.1) is 15.0 Å². The van der Waals surface area contributed by atoms with E-state index >= 15 is 0 Å². The van der Waals surface area contributed by atoms with Crippen molar-refractivity contribution >= 4 is 27.3 Å². The van der Waals surface area contributed by atoms with Gasteiger partial charge in [-0.15, -0.1) is 11.3 Å². The number of aromatic nitrogens is 1. The van der Waals surface area contributed by atoms with Crippen LogP contribution in [-0.2, 0) is 0 Å². The summed E-state index contributed by atoms with van der Waals surface area (Å²) in [5.41, 5.74) is 0.677. The Balaban J connectivity index is 2.49. The molecule has 0 aliphatic heterocycles. The van der Waals surface area contributed by atoms with Crippen molar-refractivity contribution in [3.05, 3.63) is 40.1 Å². The molecule has 0 saturated carbocycles. The second kappa shape index (κ2) is 3.55. The zero-order valence-corrected chi connectivity index (χ0v) is 8.90. The van der Waals surface area contributed by atoms with Crippen LogP contribution in [0, 0.1) is 5.95 Å². The van der Waals surface area contributed by atoms with Gasteiger partial charge in [0.25, 0.3) is 0 Å². The fraction of sp³-hybridized carbons (Fsp3) is 0. The topological polar surface area (TPSA) is 12.9 Å². The molecular formula is C9H5BrFNS. The molecule has 1 nitrogen and oxygen atoms in total. The van der Waals surface area contributed by atoms with E-state index in [2.05, 4.69) is 20.9 Å². The third-order valence-corrected chi connectivity index (χ3v) is 3.06. The molecule has 4 heteroatoms. The molecule has 2 rings (SSSR count). The van der Waals surface area contributed by atoms with Crippen LogP contribution in [-0.4, -0.2) is 4.98 Å². The quantitative estimate of drug-likeness (QED) is 0.710. The lowest BCUT2D eigenvalue weighted by molar-refractivity contribution is 0.578. The average molecular weight is 258 g/mol. The number of nitrogens with zero attached hydrogens (tertiary/aromatic N) is 1. The number of halogens is 2. The van der Waals surface area contributed by atoms with Gasteiger partial charge in [-0.25, -0.2) is 4.98 Å². The highest BCUT2D eigenvalue weighted by Gasteiger charge is 2.04. The number of rotatable bonds is 1. The summed E-state index contributed by atoms with van der Waals surface area (Å²) >= 11 is 4.60. The van der Waals surface area contributed by atoms with E-state index in [0.717, 1.165) is 4.88 Å². The fourth-order valence-corrected chi connectivity index (χ4v) is 1.89. The maximum Gasteiger partial charge on any atom is 0.227 e. The Morgan fingerprint density at radius 3 is 2.77 bits per heavy atom. The number of hydrogen-bond acceptors (Lipinski definition) is 2. The molecule has 0 saturated heterocycles. The highest BCUT2D eigenvalue weighted by Crippen LogP contribution is 2.24. The summed E-state index contributed by atoms with van der Waals surface area (Å²) in [6, 6.07) is 7.29. The smallest absolute Gasteiger partial charge is 0.218 e. The summed E-state index contributed by atoms with van der Waals surface area (Å²) in [4.78, 5) is 4.79. The molecule has 0 radical (unpaired) electrons. The van der Waals surface area contributed by atoms with Crippen LogP contribution in [0.5, 0.6) is 0 Å². The zero-order chi connectivity index (χ0) is 9.26. The Kier molecular flexibility index (Phi) is 2.42. The van der Waals surface area contributed by atoms with Gasteiger partial charge in [0.2, 0.25) is 5.95 Å². The minimum Gasteiger partial charge on any atom is -0.218 e. The molecule has 0 spiro atoms. The van der Waals surface area contributed by atoms with Crippen molar-refractivity contribution < 1.29 is 4.39 Å². The molecule has 0 unspecified atom stereocenters. The Hall–Kier alpha value is -0.740. The third kappa shape index (κ3) is 1.78. The minimum absolute atomic E-state index is 0.396. The van der Waals surface area contributed by atoms with Gasteiger partial charge in [0.1, 0.15) is 0 Å². The van der Waals surface area contributed by atoms with E-state index in [0.29, 0.717) is 10.2 Å². The summed E-state index contributed by atoms with van der Waals surface area (Å²) in [5, 5.41) is 1.94. The molecule has 0 atom stereocenters. The van der Waals surface area contributed by atoms with Gasteiger partial charge >= 0.3 is 0 Å². The van der Waals surface area contributed by atoms with Crippen molar-refractivity contribution in [2.75, 3.05) is 0 Å². The second-order valence-electron chi connectivity index (χ2n) is 2.45. The first-order valence-electron chi connectivity index (χ1n) is 3.63. The molecule has 0 fully saturated rings. The Morgan fingerprint density at radius 1 is 1.31 bits per heavy atom. The highest BCUT2D eigenvalue weighted by atomic mass is 79.9. The lowest BCUT2D eigenvalue weighted by Crippen LogP contribution is -1.86. The van der Waals surface area contributed by atoms with Crippen molar-refractivity contribution in [2.45, 2.75) is 0 Å². The number of pyridine rings is 1. The van der Waals surface area contributed by atoms with Crippen molar-refractivity contribution in [3.63, 3.8) is 0 Å². The minimum atomic E-state index is -0.467. The van der Waals surface area contributed by atoms with Gasteiger partial charge in [-0.1, -0.05) is 6.07 Å². The van der Waals surface area contributed by atoms with Gasteiger partial charge in [-0.2, -0.15) is 4.39 Å². The van der Waals surface area contributed by atoms with Crippen molar-refractivity contribution in [2.24, 2.45) is 0 Å². The molecule has 66 valence electrons. The first kappa shape index (κ1) is 8.84. The van der Waals surface area contributed by atoms with E-state index in [4.69, 9.17) is 0 Å². The third-order valence-electron chi connectivity index (χ3n) is 1.58. The molecule has 0 aliphatic carbocycles. The Labute approximate surface area is 87.4 Å². The van der Waals surface area contributed by atoms with Crippen LogP contribution in [0.3, 0.4) is 0 Å². The number of hydrogen-bond donors (Lipinski definition) is 0. The van der Waals surface area contributed by atoms with Crippen LogP contribution in [0.15, 0.2) is 34.1 Å². The van der Waals surface area contributed by atoms with Crippen molar-refractivity contribution in [3.8, 4) is 10.6 Å². The van der Waals surface area contributed by atoms with Gasteiger partial charge < -0.3 is 0 Å². The van der Waals surface area contributed by atoms with E-state index in [-0.39, 0.29) is 0 Å². The summed E-state index contributed by atoms with van der Waals surface area (Å²) in [6.07, 6.45) is 0. The molecule has 2 aromatic heterocycles. The molecular weight excluding hydrogens is 253 g/mol. The van der Waals surface area contributed by atoms with Gasteiger partial charge in [-0.05, 0) is 39.5 Å². The van der Waals surface area contributed by atoms with Crippen molar-refractivity contribution in [1.82, 2.24) is 4.98 Å². The standard InChI is InChI=1S/C9H5BrFNS/c10-6-3-4-7(12-9(6)11)8-2-1-5-13-8/h1-5H. The van der Waals surface area contributed by atoms with Crippen LogP contribution in [0.25, 0.3) is 10.6 Å². The van der Waals surface area contributed by atoms with E-state index in [9.17, 15) is 4.39 Å². The first-order chi connectivity index (χ1) is 6.27. The number of thiophene rings is 1. The molecule has 2 heterocycles. The average Bonchev–Trinajstić information content (AvgIpc) is 2.62.